The van der Waals surface area contributed by atoms with Gasteiger partial charge in [0.05, 0.1) is 9.50 Å². The number of carboxylic acid groups (broad SMARTS) is 2. The number of carboxylic acids is 2. The van der Waals surface area contributed by atoms with E-state index in [0.29, 0.717) is 11.6 Å². The monoisotopic (exact) mass is 435 g/mol. The lowest BCUT2D eigenvalue weighted by molar-refractivity contribution is -0.159. The first-order valence-corrected chi connectivity index (χ1v) is 9.14. The molecule has 0 atom stereocenters. The summed E-state index contributed by atoms with van der Waals surface area (Å²) in [6.45, 7) is 8.39. The molecule has 0 spiro atoms. The van der Waals surface area contributed by atoms with Crippen LogP contribution in [0, 0.1) is 12.8 Å². The van der Waals surface area contributed by atoms with Gasteiger partial charge in [-0.05, 0) is 72.4 Å². The Morgan fingerprint density at radius 1 is 1.28 bits per heavy atom. The molecular weight excluding hydrogens is 414 g/mol. The molecule has 0 bridgehead atoms. The molecule has 0 amide bonds. The second-order valence-corrected chi connectivity index (χ2v) is 7.30. The maximum atomic E-state index is 9.10. The topological polar surface area (TPSA) is 87.1 Å². The fourth-order valence-corrected chi connectivity index (χ4v) is 3.52. The van der Waals surface area contributed by atoms with E-state index >= 15 is 0 Å². The van der Waals surface area contributed by atoms with E-state index < -0.39 is 11.9 Å². The SMILES string of the molecule is Cc1cc(Cl)c(OCCN2CCC(C)CC2)c(Br)c1.O=C(O)C(=O)O. The molecule has 0 saturated carbocycles. The molecule has 140 valence electrons. The van der Waals surface area contributed by atoms with E-state index in [-0.39, 0.29) is 0 Å². The first kappa shape index (κ1) is 21.7. The highest BCUT2D eigenvalue weighted by Gasteiger charge is 2.15. The number of aryl methyl sites for hydroxylation is 1. The van der Waals surface area contributed by atoms with Crippen molar-refractivity contribution < 1.29 is 24.5 Å². The molecule has 8 heteroatoms. The van der Waals surface area contributed by atoms with Crippen LogP contribution in [0.2, 0.25) is 5.02 Å². The summed E-state index contributed by atoms with van der Waals surface area (Å²) in [5.74, 6) is -2.01. The summed E-state index contributed by atoms with van der Waals surface area (Å²) in [6.07, 6.45) is 2.60. The summed E-state index contributed by atoms with van der Waals surface area (Å²) in [5, 5.41) is 15.5. The molecule has 0 unspecified atom stereocenters. The van der Waals surface area contributed by atoms with Gasteiger partial charge in [0.2, 0.25) is 0 Å². The summed E-state index contributed by atoms with van der Waals surface area (Å²) in [7, 11) is 0. The molecule has 6 nitrogen and oxygen atoms in total. The quantitative estimate of drug-likeness (QED) is 0.700. The van der Waals surface area contributed by atoms with Crippen LogP contribution in [-0.4, -0.2) is 53.3 Å². The highest BCUT2D eigenvalue weighted by molar-refractivity contribution is 9.10. The third-order valence-electron chi connectivity index (χ3n) is 3.86. The van der Waals surface area contributed by atoms with Crippen LogP contribution in [0.4, 0.5) is 0 Å². The van der Waals surface area contributed by atoms with Gasteiger partial charge in [0.15, 0.2) is 5.75 Å². The predicted octanol–water partition coefficient (Wildman–Crippen LogP) is 3.68. The summed E-state index contributed by atoms with van der Waals surface area (Å²) in [5.41, 5.74) is 1.13. The number of benzene rings is 1. The molecule has 1 fully saturated rings. The maximum Gasteiger partial charge on any atom is 0.414 e. The van der Waals surface area contributed by atoms with Crippen LogP contribution in [0.5, 0.6) is 5.75 Å². The molecule has 25 heavy (non-hydrogen) atoms. The van der Waals surface area contributed by atoms with Crippen molar-refractivity contribution in [1.29, 1.82) is 0 Å². The standard InChI is InChI=1S/C15H21BrClNO.C2H2O4/c1-11-3-5-18(6-4-11)7-8-19-15-13(16)9-12(2)10-14(15)17;3-1(4)2(5)6/h9-11H,3-8H2,1-2H3;(H,3,4)(H,5,6). The van der Waals surface area contributed by atoms with E-state index in [4.69, 9.17) is 36.1 Å². The zero-order valence-corrected chi connectivity index (χ0v) is 16.6. The lowest BCUT2D eigenvalue weighted by Crippen LogP contribution is -2.35. The number of rotatable bonds is 4. The molecule has 1 aromatic carbocycles. The van der Waals surface area contributed by atoms with Crippen molar-refractivity contribution in [1.82, 2.24) is 4.90 Å². The van der Waals surface area contributed by atoms with Crippen LogP contribution in [0.25, 0.3) is 0 Å². The third kappa shape index (κ3) is 8.07. The number of hydrogen-bond donors (Lipinski definition) is 2. The van der Waals surface area contributed by atoms with Gasteiger partial charge in [0.25, 0.3) is 0 Å². The Balaban J connectivity index is 0.000000450. The van der Waals surface area contributed by atoms with Gasteiger partial charge >= 0.3 is 11.9 Å². The molecule has 1 saturated heterocycles. The first-order chi connectivity index (χ1) is 11.7. The minimum atomic E-state index is -1.82. The van der Waals surface area contributed by atoms with E-state index in [0.717, 1.165) is 28.2 Å². The van der Waals surface area contributed by atoms with E-state index in [9.17, 15) is 0 Å². The van der Waals surface area contributed by atoms with Crippen LogP contribution in [0.1, 0.15) is 25.3 Å². The molecular formula is C17H23BrClNO5. The van der Waals surface area contributed by atoms with Gasteiger partial charge in [-0.15, -0.1) is 0 Å². The Labute approximate surface area is 160 Å². The second-order valence-electron chi connectivity index (χ2n) is 6.04. The van der Waals surface area contributed by atoms with Gasteiger partial charge in [-0.2, -0.15) is 0 Å². The predicted molar refractivity (Wildman–Crippen MR) is 99.5 cm³/mol. The Hall–Kier alpha value is -1.31. The molecule has 1 heterocycles. The fourth-order valence-electron chi connectivity index (χ4n) is 2.39. The average molecular weight is 437 g/mol. The molecule has 1 aliphatic heterocycles. The number of ether oxygens (including phenoxy) is 1. The van der Waals surface area contributed by atoms with Crippen molar-refractivity contribution in [3.63, 3.8) is 0 Å². The molecule has 2 rings (SSSR count). The van der Waals surface area contributed by atoms with Crippen molar-refractivity contribution >= 4 is 39.5 Å². The number of nitrogens with zero attached hydrogens (tertiary/aromatic N) is 1. The molecule has 1 aromatic rings. The van der Waals surface area contributed by atoms with Crippen LogP contribution < -0.4 is 4.74 Å². The smallest absolute Gasteiger partial charge is 0.414 e. The molecule has 2 N–H and O–H groups in total. The lowest BCUT2D eigenvalue weighted by Gasteiger charge is -2.30. The van der Waals surface area contributed by atoms with Gasteiger partial charge in [-0.25, -0.2) is 9.59 Å². The number of carbonyl (C=O) groups is 2. The zero-order valence-electron chi connectivity index (χ0n) is 14.3. The van der Waals surface area contributed by atoms with Crippen LogP contribution in [-0.2, 0) is 9.59 Å². The van der Waals surface area contributed by atoms with Crippen LogP contribution >= 0.6 is 27.5 Å². The van der Waals surface area contributed by atoms with Crippen molar-refractivity contribution in [2.45, 2.75) is 26.7 Å². The van der Waals surface area contributed by atoms with Gasteiger partial charge in [-0.1, -0.05) is 18.5 Å². The van der Waals surface area contributed by atoms with Gasteiger partial charge in [0, 0.05) is 6.54 Å². The Morgan fingerprint density at radius 3 is 2.32 bits per heavy atom. The maximum absolute atomic E-state index is 9.10. The minimum Gasteiger partial charge on any atom is -0.490 e. The Kier molecular flexibility index (Phi) is 9.24. The summed E-state index contributed by atoms with van der Waals surface area (Å²) < 4.78 is 6.77. The van der Waals surface area contributed by atoms with Crippen LogP contribution in [0.15, 0.2) is 16.6 Å². The number of aliphatic carboxylic acids is 2. The van der Waals surface area contributed by atoms with Crippen molar-refractivity contribution in [3.8, 4) is 5.75 Å². The molecule has 1 aliphatic rings. The average Bonchev–Trinajstić information content (AvgIpc) is 2.52. The Bertz CT molecular complexity index is 568. The van der Waals surface area contributed by atoms with Crippen molar-refractivity contribution in [3.05, 3.63) is 27.2 Å². The molecule has 0 aliphatic carbocycles. The normalized spacial score (nSPS) is 15.2. The van der Waals surface area contributed by atoms with Crippen molar-refractivity contribution in [2.24, 2.45) is 5.92 Å². The van der Waals surface area contributed by atoms with E-state index in [2.05, 4.69) is 27.8 Å². The second kappa shape index (κ2) is 10.6. The first-order valence-electron chi connectivity index (χ1n) is 7.97. The van der Waals surface area contributed by atoms with Gasteiger partial charge < -0.3 is 14.9 Å². The van der Waals surface area contributed by atoms with E-state index in [1.165, 1.54) is 25.9 Å². The summed E-state index contributed by atoms with van der Waals surface area (Å²) in [6, 6.07) is 3.97. The summed E-state index contributed by atoms with van der Waals surface area (Å²) >= 11 is 9.72. The van der Waals surface area contributed by atoms with Crippen molar-refractivity contribution in [2.75, 3.05) is 26.2 Å². The lowest BCUT2D eigenvalue weighted by atomic mass is 9.99. The largest absolute Gasteiger partial charge is 0.490 e. The third-order valence-corrected chi connectivity index (χ3v) is 4.73. The molecule has 0 radical (unpaired) electrons. The van der Waals surface area contributed by atoms with Crippen LogP contribution in [0.3, 0.4) is 0 Å². The van der Waals surface area contributed by atoms with E-state index in [1.54, 1.807) is 0 Å². The van der Waals surface area contributed by atoms with Gasteiger partial charge in [-0.3, -0.25) is 4.90 Å². The fraction of sp³-hybridized carbons (Fsp3) is 0.529. The summed E-state index contributed by atoms with van der Waals surface area (Å²) in [4.78, 5) is 20.7. The highest BCUT2D eigenvalue weighted by atomic mass is 79.9. The zero-order chi connectivity index (χ0) is 19.0. The number of piperidine rings is 1. The Morgan fingerprint density at radius 2 is 1.84 bits per heavy atom. The van der Waals surface area contributed by atoms with Gasteiger partial charge in [0.1, 0.15) is 6.61 Å². The number of likely N-dealkylation sites (tertiary alicyclic amines) is 1. The molecule has 0 aromatic heterocycles. The van der Waals surface area contributed by atoms with E-state index in [1.807, 2.05) is 19.1 Å². The number of halogens is 2. The number of hydrogen-bond acceptors (Lipinski definition) is 4. The highest BCUT2D eigenvalue weighted by Crippen LogP contribution is 2.34. The minimum absolute atomic E-state index is 0.680.